The number of hydrogen-bond donors (Lipinski definition) is 1. The van der Waals surface area contributed by atoms with E-state index < -0.39 is 5.97 Å². The first-order chi connectivity index (χ1) is 2.21. The predicted molar refractivity (Wildman–Crippen MR) is 20.8 cm³/mol. The van der Waals surface area contributed by atoms with Gasteiger partial charge in [0.25, 0.3) is 0 Å². The van der Waals surface area contributed by atoms with Gasteiger partial charge in [-0.3, -0.25) is 0 Å². The summed E-state index contributed by atoms with van der Waals surface area (Å²) in [6.45, 7) is 1.41. The summed E-state index contributed by atoms with van der Waals surface area (Å²) in [7, 11) is 0. The summed E-state index contributed by atoms with van der Waals surface area (Å²) in [5, 5.41) is 8.19. The molecule has 34 valence electrons. The Bertz CT molecular complexity index is 53.2. The fraction of sp³-hybridized carbons (Fsp3) is 1.00. The van der Waals surface area contributed by atoms with Crippen LogP contribution in [-0.2, 0) is 9.78 Å². The Morgan fingerprint density at radius 1 is 1.67 bits per heavy atom. The van der Waals surface area contributed by atoms with Crippen molar-refractivity contribution >= 4 is 23.1 Å². The van der Waals surface area contributed by atoms with Crippen molar-refractivity contribution in [3.8, 4) is 0 Å². The van der Waals surface area contributed by atoms with Gasteiger partial charge in [0.15, 0.2) is 0 Å². The first-order valence-electron chi connectivity index (χ1n) is 1.30. The summed E-state index contributed by atoms with van der Waals surface area (Å²) in [5.41, 5.74) is 0. The second kappa shape index (κ2) is 1.63. The maximum absolute atomic E-state index is 8.19. The van der Waals surface area contributed by atoms with E-state index in [1.807, 2.05) is 0 Å². The van der Waals surface area contributed by atoms with Crippen LogP contribution in [0.4, 0.5) is 0 Å². The number of hydrogen-bond acceptors (Lipinski definition) is 3. The zero-order valence-electron chi connectivity index (χ0n) is 5.47. The Balaban J connectivity index is -0.0000000833. The molecule has 6 heavy (non-hydrogen) atoms. The zero-order chi connectivity index (χ0) is 3.91. The normalized spacial score (nSPS) is 25.0. The van der Waals surface area contributed by atoms with Gasteiger partial charge < -0.3 is 7.96 Å². The first kappa shape index (κ1) is 6.65. The minimum Gasteiger partial charge on any atom is -1.00 e. The number of rotatable bonds is 0. The second-order valence-corrected chi connectivity index (χ2v) is 1.06. The summed E-state index contributed by atoms with van der Waals surface area (Å²) in [5.74, 6) is -1.25. The zero-order valence-corrected chi connectivity index (χ0v) is 4.89. The topological polar surface area (TPSA) is 45.3 Å². The van der Waals surface area contributed by atoms with Gasteiger partial charge in [-0.05, 0) is 0 Å². The quantitative estimate of drug-likeness (QED) is 0.254. The van der Waals surface area contributed by atoms with E-state index in [9.17, 15) is 0 Å². The predicted octanol–water partition coefficient (Wildman–Crippen LogP) is -0.542. The van der Waals surface area contributed by atoms with E-state index in [1.54, 1.807) is 0 Å². The second-order valence-electron chi connectivity index (χ2n) is 1.06. The van der Waals surface area contributed by atoms with Crippen LogP contribution in [0.1, 0.15) is 9.78 Å². The molecule has 0 aromatic carbocycles. The van der Waals surface area contributed by atoms with Crippen LogP contribution in [0.5, 0.6) is 0 Å². The summed E-state index contributed by atoms with van der Waals surface area (Å²) in [6, 6.07) is 0. The molecule has 0 amide bonds. The molecule has 0 spiro atoms. The van der Waals surface area contributed by atoms with Gasteiger partial charge in [-0.15, -0.1) is 0 Å². The fourth-order valence-electron chi connectivity index (χ4n) is 0.0603. The molecule has 0 aromatic rings. The molecule has 3 nitrogen and oxygen atoms in total. The van der Waals surface area contributed by atoms with Gasteiger partial charge >= 0.3 is 29.0 Å². The molecule has 4 heteroatoms. The van der Waals surface area contributed by atoms with Gasteiger partial charge in [0, 0.05) is 6.92 Å². The average Bonchev–Trinajstić information content (AvgIpc) is 1.76. The van der Waals surface area contributed by atoms with Gasteiger partial charge in [-0.2, -0.15) is 9.78 Å². The minimum absolute atomic E-state index is 0. The molecule has 0 radical (unpaired) electrons. The summed E-state index contributed by atoms with van der Waals surface area (Å²) < 4.78 is 0. The van der Waals surface area contributed by atoms with Crippen LogP contribution in [0.15, 0.2) is 0 Å². The molecule has 0 atom stereocenters. The molecule has 0 aliphatic carbocycles. The van der Waals surface area contributed by atoms with Gasteiger partial charge in [-0.1, -0.05) is 0 Å². The molecular formula is C2H6MgO3. The van der Waals surface area contributed by atoms with E-state index in [-0.39, 0.29) is 25.9 Å². The maximum atomic E-state index is 8.19. The van der Waals surface area contributed by atoms with E-state index in [1.165, 1.54) is 6.92 Å². The molecule has 1 rings (SSSR count). The Hall–Kier alpha value is 0.646. The van der Waals surface area contributed by atoms with E-state index in [4.69, 9.17) is 5.11 Å². The summed E-state index contributed by atoms with van der Waals surface area (Å²) in [6.07, 6.45) is 0. The molecular weight excluding hydrogens is 96.3 g/mol. The third kappa shape index (κ3) is 1.94. The Morgan fingerprint density at radius 2 is 1.83 bits per heavy atom. The summed E-state index contributed by atoms with van der Waals surface area (Å²) >= 11 is 0. The van der Waals surface area contributed by atoms with E-state index in [0.717, 1.165) is 0 Å². The molecule has 0 bridgehead atoms. The maximum Gasteiger partial charge on any atom is 2.00 e. The van der Waals surface area contributed by atoms with Crippen LogP contribution >= 0.6 is 0 Å². The van der Waals surface area contributed by atoms with Crippen LogP contribution in [0.2, 0.25) is 0 Å². The van der Waals surface area contributed by atoms with E-state index >= 15 is 0 Å². The van der Waals surface area contributed by atoms with Crippen molar-refractivity contribution in [1.29, 1.82) is 0 Å². The van der Waals surface area contributed by atoms with E-state index in [2.05, 4.69) is 9.78 Å². The van der Waals surface area contributed by atoms with E-state index in [0.29, 0.717) is 0 Å². The minimum atomic E-state index is -1.25. The molecule has 1 aliphatic rings. The van der Waals surface area contributed by atoms with Crippen LogP contribution in [0, 0.1) is 0 Å². The summed E-state index contributed by atoms with van der Waals surface area (Å²) in [4.78, 5) is 7.90. The monoisotopic (exact) mass is 102 g/mol. The molecule has 1 N–H and O–H groups in total. The SMILES string of the molecule is CC1(O)OO1.[H-].[H-].[Mg+2]. The van der Waals surface area contributed by atoms with Crippen molar-refractivity contribution in [2.24, 2.45) is 0 Å². The van der Waals surface area contributed by atoms with Crippen LogP contribution < -0.4 is 0 Å². The van der Waals surface area contributed by atoms with Crippen LogP contribution in [0.3, 0.4) is 0 Å². The molecule has 1 fully saturated rings. The Labute approximate surface area is 54.3 Å². The van der Waals surface area contributed by atoms with Crippen molar-refractivity contribution in [2.75, 3.05) is 0 Å². The largest absolute Gasteiger partial charge is 2.00 e. The van der Waals surface area contributed by atoms with Gasteiger partial charge in [0.2, 0.25) is 0 Å². The van der Waals surface area contributed by atoms with Crippen molar-refractivity contribution < 1.29 is 17.7 Å². The Morgan fingerprint density at radius 3 is 1.83 bits per heavy atom. The standard InChI is InChI=1S/C2H4O3.Mg.2H/c1-2(3)4-5-2;;;/h3H,1H3;;;/q;+2;2*-1. The average molecular weight is 102 g/mol. The van der Waals surface area contributed by atoms with Gasteiger partial charge in [0.1, 0.15) is 0 Å². The molecule has 1 saturated heterocycles. The molecule has 0 aromatic heterocycles. The third-order valence-corrected chi connectivity index (χ3v) is 0.325. The van der Waals surface area contributed by atoms with Crippen molar-refractivity contribution in [2.45, 2.75) is 12.9 Å². The van der Waals surface area contributed by atoms with Crippen molar-refractivity contribution in [3.05, 3.63) is 0 Å². The molecule has 0 unspecified atom stereocenters. The smallest absolute Gasteiger partial charge is 1.00 e. The molecule has 1 aliphatic heterocycles. The van der Waals surface area contributed by atoms with Crippen molar-refractivity contribution in [1.82, 2.24) is 0 Å². The van der Waals surface area contributed by atoms with Crippen LogP contribution in [-0.4, -0.2) is 34.1 Å². The van der Waals surface area contributed by atoms with Crippen LogP contribution in [0.25, 0.3) is 0 Å². The third-order valence-electron chi connectivity index (χ3n) is 0.325. The van der Waals surface area contributed by atoms with Gasteiger partial charge in [0.05, 0.1) is 0 Å². The Kier molecular flexibility index (Phi) is 1.81. The van der Waals surface area contributed by atoms with Crippen molar-refractivity contribution in [3.63, 3.8) is 0 Å². The molecule has 1 heterocycles. The first-order valence-corrected chi connectivity index (χ1v) is 1.30. The molecule has 0 saturated carbocycles. The fourth-order valence-corrected chi connectivity index (χ4v) is 0.0603. The number of aliphatic hydroxyl groups is 1. The van der Waals surface area contributed by atoms with Gasteiger partial charge in [-0.25, -0.2) is 0 Å².